The molecule has 0 bridgehead atoms. The standard InChI is InChI=1S/C55H86O24/c1-10-23(2)46(71)79-43-44(72-24(3)60)55(22-59)26(17-50(43,4)5)25-11-12-30-51(6)15-14-32(52(7,21-58)29(51)13-16-53(30,8)54(25,9)18-31(55)61)75-49-41(77-48-38(67)36(65)34(63)28(20-57)74-48)39(68)40(42(78-49)45(69)70)76-47-37(66)35(64)33(62)27(19-56)73-47/h10-11,26-44,47-49,56-59,61-68H,12-22H2,1-9H3,(H,69,70)/b23-10+/t26-,27-,28?,29+,30+,31+,32-,33-,34+,35+,36-,37-,38+,39-,40-,41+,42-,43-,44-,47+,48-,49+,51-,52+,53+,54+,55-/m0/s1. The number of carboxylic acid groups (broad SMARTS) is 1. The Bertz CT molecular complexity index is 2290. The molecule has 8 rings (SSSR count). The summed E-state index contributed by atoms with van der Waals surface area (Å²) >= 11 is 0. The normalized spacial score (nSPS) is 50.6. The third-order valence-corrected chi connectivity index (χ3v) is 21.1. The summed E-state index contributed by atoms with van der Waals surface area (Å²) in [5.41, 5.74) is -3.78. The van der Waals surface area contributed by atoms with Crippen LogP contribution >= 0.6 is 0 Å². The van der Waals surface area contributed by atoms with Gasteiger partial charge in [-0.1, -0.05) is 59.3 Å². The van der Waals surface area contributed by atoms with Gasteiger partial charge in [-0.15, -0.1) is 0 Å². The van der Waals surface area contributed by atoms with Gasteiger partial charge in [-0.05, 0) is 92.8 Å². The number of esters is 2. The lowest BCUT2D eigenvalue weighted by Crippen LogP contribution is -2.72. The number of allylic oxidation sites excluding steroid dienone is 3. The van der Waals surface area contributed by atoms with Crippen LogP contribution in [0.3, 0.4) is 0 Å². The highest BCUT2D eigenvalue weighted by molar-refractivity contribution is 5.87. The molecule has 0 aromatic carbocycles. The van der Waals surface area contributed by atoms with E-state index in [-0.39, 0.29) is 24.7 Å². The first kappa shape index (κ1) is 62.2. The fourth-order valence-corrected chi connectivity index (χ4v) is 16.2. The Morgan fingerprint density at radius 2 is 1.24 bits per heavy atom. The highest BCUT2D eigenvalue weighted by atomic mass is 16.8. The van der Waals surface area contributed by atoms with Crippen molar-refractivity contribution in [2.24, 2.45) is 50.2 Å². The van der Waals surface area contributed by atoms with E-state index in [0.717, 1.165) is 5.57 Å². The number of carbonyl (C=O) groups is 3. The summed E-state index contributed by atoms with van der Waals surface area (Å²) in [6.45, 7) is 14.1. The van der Waals surface area contributed by atoms with Gasteiger partial charge in [0.15, 0.2) is 25.0 Å². The Hall–Kier alpha value is -2.83. The van der Waals surface area contributed by atoms with E-state index in [2.05, 4.69) is 26.8 Å². The van der Waals surface area contributed by atoms with Gasteiger partial charge in [-0.25, -0.2) is 9.59 Å². The molecule has 24 nitrogen and oxygen atoms in total. The maximum atomic E-state index is 13.4. The number of hydrogen-bond acceptors (Lipinski definition) is 23. The molecule has 79 heavy (non-hydrogen) atoms. The lowest BCUT2D eigenvalue weighted by molar-refractivity contribution is -0.392. The van der Waals surface area contributed by atoms with Gasteiger partial charge in [0.05, 0.1) is 44.1 Å². The SMILES string of the molecule is C/C=C(\C)C(=O)O[C@H]1[C@H](OC(C)=O)[C@]2(CO)[C@H](O)C[C@]3(C)C(=CC[C@@H]4[C@@]5(C)CC[C@H](O[C@@H]6O[C@H](C(=O)O)[C@@H](O[C@H]7O[C@@H](CO)[C@H](O)[C@@H](O)[C@@H]7O)[C@H](O)[C@H]6O[C@@H]6OC(CO)[C@@H](O)[C@H](O)[C@H]6O)[C@](C)(CO)[C@@H]5CC[C@]43C)[C@@H]2CC1(C)C. The van der Waals surface area contributed by atoms with Crippen molar-refractivity contribution in [1.82, 2.24) is 0 Å². The van der Waals surface area contributed by atoms with Crippen molar-refractivity contribution < 1.29 is 119 Å². The van der Waals surface area contributed by atoms with Gasteiger partial charge >= 0.3 is 17.9 Å². The van der Waals surface area contributed by atoms with Crippen molar-refractivity contribution in [3.8, 4) is 0 Å². The van der Waals surface area contributed by atoms with Gasteiger partial charge in [-0.2, -0.15) is 0 Å². The quantitative estimate of drug-likeness (QED) is 0.0415. The smallest absolute Gasteiger partial charge is 0.335 e. The third-order valence-electron chi connectivity index (χ3n) is 21.1. The molecular weight excluding hydrogens is 1040 g/mol. The van der Waals surface area contributed by atoms with Crippen LogP contribution in [-0.4, -0.2) is 227 Å². The second kappa shape index (κ2) is 22.6. The van der Waals surface area contributed by atoms with E-state index < -0.39 is 199 Å². The first-order chi connectivity index (χ1) is 36.9. The van der Waals surface area contributed by atoms with Gasteiger partial charge in [0.2, 0.25) is 0 Å². The zero-order valence-electron chi connectivity index (χ0n) is 46.4. The summed E-state index contributed by atoms with van der Waals surface area (Å²) in [6, 6.07) is 0. The summed E-state index contributed by atoms with van der Waals surface area (Å²) in [6.07, 6.45) is -26.5. The molecule has 3 aliphatic heterocycles. The summed E-state index contributed by atoms with van der Waals surface area (Å²) in [5, 5.41) is 143. The number of aliphatic carboxylic acids is 1. The maximum Gasteiger partial charge on any atom is 0.335 e. The Labute approximate surface area is 459 Å². The molecule has 7 fully saturated rings. The van der Waals surface area contributed by atoms with Crippen molar-refractivity contribution in [2.45, 2.75) is 224 Å². The molecule has 450 valence electrons. The number of carbonyl (C=O) groups excluding carboxylic acids is 2. The maximum absolute atomic E-state index is 13.4. The van der Waals surface area contributed by atoms with Gasteiger partial charge in [-0.3, -0.25) is 4.79 Å². The van der Waals surface area contributed by atoms with Crippen molar-refractivity contribution in [3.63, 3.8) is 0 Å². The number of fused-ring (bicyclic) bond motifs is 7. The first-order valence-electron chi connectivity index (χ1n) is 27.7. The van der Waals surface area contributed by atoms with Crippen LogP contribution in [0.4, 0.5) is 0 Å². The van der Waals surface area contributed by atoms with Crippen LogP contribution in [0.25, 0.3) is 0 Å². The summed E-state index contributed by atoms with van der Waals surface area (Å²) in [4.78, 5) is 39.5. The van der Waals surface area contributed by atoms with E-state index in [1.54, 1.807) is 19.9 Å². The van der Waals surface area contributed by atoms with Crippen LogP contribution < -0.4 is 0 Å². The fourth-order valence-electron chi connectivity index (χ4n) is 16.2. The minimum absolute atomic E-state index is 0.0849. The van der Waals surface area contributed by atoms with Crippen molar-refractivity contribution in [3.05, 3.63) is 23.3 Å². The van der Waals surface area contributed by atoms with Crippen LogP contribution in [0, 0.1) is 50.2 Å². The molecule has 3 saturated heterocycles. The Morgan fingerprint density at radius 1 is 0.658 bits per heavy atom. The molecule has 3 heterocycles. The summed E-state index contributed by atoms with van der Waals surface area (Å²) in [7, 11) is 0. The fraction of sp³-hybridized carbons (Fsp3) is 0.873. The molecule has 0 aromatic rings. The molecule has 1 unspecified atom stereocenters. The topological polar surface area (TPSA) is 388 Å². The lowest BCUT2D eigenvalue weighted by atomic mass is 9.33. The minimum Gasteiger partial charge on any atom is -0.479 e. The molecule has 0 spiro atoms. The third kappa shape index (κ3) is 9.94. The highest BCUT2D eigenvalue weighted by Gasteiger charge is 2.74. The number of aliphatic hydroxyl groups is 12. The van der Waals surface area contributed by atoms with E-state index in [1.165, 1.54) is 6.92 Å². The number of aliphatic hydroxyl groups excluding tert-OH is 12. The summed E-state index contributed by atoms with van der Waals surface area (Å²) in [5.74, 6) is -3.88. The van der Waals surface area contributed by atoms with Crippen LogP contribution in [0.5, 0.6) is 0 Å². The van der Waals surface area contributed by atoms with Gasteiger partial charge in [0.25, 0.3) is 0 Å². The number of hydrogen-bond donors (Lipinski definition) is 13. The van der Waals surface area contributed by atoms with Crippen LogP contribution in [0.1, 0.15) is 107 Å². The molecule has 8 aliphatic rings. The van der Waals surface area contributed by atoms with E-state index in [9.17, 15) is 80.8 Å². The molecule has 0 amide bonds. The zero-order valence-corrected chi connectivity index (χ0v) is 46.4. The van der Waals surface area contributed by atoms with Gasteiger partial charge < -0.3 is 104 Å². The highest BCUT2D eigenvalue weighted by Crippen LogP contribution is 2.76. The van der Waals surface area contributed by atoms with Crippen LogP contribution in [0.2, 0.25) is 0 Å². The molecule has 5 aliphatic carbocycles. The number of carboxylic acids is 1. The Morgan fingerprint density at radius 3 is 1.76 bits per heavy atom. The molecule has 27 atom stereocenters. The lowest BCUT2D eigenvalue weighted by Gasteiger charge is -2.72. The molecule has 13 N–H and O–H groups in total. The minimum atomic E-state index is -2.18. The first-order valence-corrected chi connectivity index (χ1v) is 27.7. The Kier molecular flexibility index (Phi) is 17.8. The average Bonchev–Trinajstić information content (AvgIpc) is 3.29. The monoisotopic (exact) mass is 1130 g/mol. The average molecular weight is 1130 g/mol. The second-order valence-electron chi connectivity index (χ2n) is 25.5. The van der Waals surface area contributed by atoms with Crippen molar-refractivity contribution in [2.75, 3.05) is 26.4 Å². The van der Waals surface area contributed by atoms with Gasteiger partial charge in [0, 0.05) is 23.3 Å². The van der Waals surface area contributed by atoms with E-state index >= 15 is 0 Å². The van der Waals surface area contributed by atoms with Crippen LogP contribution in [-0.2, 0) is 52.3 Å². The predicted octanol–water partition coefficient (Wildman–Crippen LogP) is -1.32. The second-order valence-corrected chi connectivity index (χ2v) is 25.5. The predicted molar refractivity (Wildman–Crippen MR) is 269 cm³/mol. The van der Waals surface area contributed by atoms with Crippen molar-refractivity contribution in [1.29, 1.82) is 0 Å². The van der Waals surface area contributed by atoms with E-state index in [0.29, 0.717) is 37.7 Å². The molecular formula is C55H86O24. The van der Waals surface area contributed by atoms with Crippen LogP contribution in [0.15, 0.2) is 23.3 Å². The summed E-state index contributed by atoms with van der Waals surface area (Å²) < 4.78 is 48.2. The zero-order chi connectivity index (χ0) is 58.4. The van der Waals surface area contributed by atoms with Gasteiger partial charge in [0.1, 0.15) is 79.4 Å². The molecule has 0 radical (unpaired) electrons. The largest absolute Gasteiger partial charge is 0.479 e. The van der Waals surface area contributed by atoms with Crippen molar-refractivity contribution >= 4 is 17.9 Å². The van der Waals surface area contributed by atoms with E-state index in [4.69, 9.17) is 37.9 Å². The Balaban J connectivity index is 1.12. The molecule has 24 heteroatoms. The number of rotatable bonds is 14. The molecule has 4 saturated carbocycles. The molecule has 0 aromatic heterocycles. The van der Waals surface area contributed by atoms with E-state index in [1.807, 2.05) is 20.8 Å². The number of ether oxygens (including phenoxy) is 8.